The second kappa shape index (κ2) is 8.36. The highest BCUT2D eigenvalue weighted by molar-refractivity contribution is 5.84. The van der Waals surface area contributed by atoms with E-state index in [9.17, 15) is 18.0 Å². The van der Waals surface area contributed by atoms with Gasteiger partial charge in [-0.15, -0.1) is 10.2 Å². The topological polar surface area (TPSA) is 83.4 Å². The van der Waals surface area contributed by atoms with Crippen molar-refractivity contribution in [3.8, 4) is 23.0 Å². The maximum Gasteiger partial charge on any atom is 0.408 e. The average Bonchev–Trinajstić information content (AvgIpc) is 3.41. The Kier molecular flexibility index (Phi) is 5.21. The van der Waals surface area contributed by atoms with E-state index in [1.54, 1.807) is 23.0 Å². The van der Waals surface area contributed by atoms with E-state index in [0.717, 1.165) is 47.1 Å². The number of alkyl halides is 3. The molecule has 1 aliphatic carbocycles. The predicted octanol–water partition coefficient (Wildman–Crippen LogP) is 4.97. The Hall–Kier alpha value is -4.35. The van der Waals surface area contributed by atoms with Crippen LogP contribution in [-0.4, -0.2) is 40.0 Å². The van der Waals surface area contributed by atoms with Gasteiger partial charge in [-0.05, 0) is 50.1 Å². The smallest absolute Gasteiger partial charge is 0.306 e. The normalized spacial score (nSPS) is 14.8. The van der Waals surface area contributed by atoms with Crippen LogP contribution in [0.2, 0.25) is 0 Å². The third-order valence-corrected chi connectivity index (χ3v) is 6.52. The minimum atomic E-state index is -4.53. The Morgan fingerprint density at radius 2 is 1.86 bits per heavy atom. The van der Waals surface area contributed by atoms with Crippen molar-refractivity contribution < 1.29 is 17.6 Å². The first-order chi connectivity index (χ1) is 17.7. The predicted molar refractivity (Wildman–Crippen MR) is 126 cm³/mol. The SMILES string of the molecule is CC(n1cnnc1-c1cccc(-n2cc(F)c3ccc(-n4cnc(C5CC5)c4)cc3c2=O)n1)C(F)(F)F. The van der Waals surface area contributed by atoms with Gasteiger partial charge in [0, 0.05) is 23.2 Å². The molecule has 0 N–H and O–H groups in total. The highest BCUT2D eigenvalue weighted by Gasteiger charge is 2.38. The Morgan fingerprint density at radius 1 is 1.05 bits per heavy atom. The van der Waals surface area contributed by atoms with Gasteiger partial charge in [-0.3, -0.25) is 9.36 Å². The molecule has 0 radical (unpaired) electrons. The summed E-state index contributed by atoms with van der Waals surface area (Å²) < 4.78 is 58.7. The fraction of sp³-hybridized carbons (Fsp3) is 0.240. The lowest BCUT2D eigenvalue weighted by atomic mass is 10.1. The fourth-order valence-electron chi connectivity index (χ4n) is 4.24. The molecule has 1 saturated carbocycles. The Bertz CT molecular complexity index is 1700. The third-order valence-electron chi connectivity index (χ3n) is 6.52. The minimum Gasteiger partial charge on any atom is -0.306 e. The summed E-state index contributed by atoms with van der Waals surface area (Å²) in [6, 6.07) is 7.35. The van der Waals surface area contributed by atoms with Crippen LogP contribution in [0.15, 0.2) is 66.2 Å². The van der Waals surface area contributed by atoms with E-state index in [4.69, 9.17) is 0 Å². The summed E-state index contributed by atoms with van der Waals surface area (Å²) in [7, 11) is 0. The zero-order valence-corrected chi connectivity index (χ0v) is 19.4. The van der Waals surface area contributed by atoms with Gasteiger partial charge in [-0.2, -0.15) is 13.2 Å². The molecule has 6 rings (SSSR count). The number of hydrogen-bond acceptors (Lipinski definition) is 5. The van der Waals surface area contributed by atoms with Gasteiger partial charge < -0.3 is 9.13 Å². The maximum absolute atomic E-state index is 15.1. The van der Waals surface area contributed by atoms with Crippen molar-refractivity contribution in [2.45, 2.75) is 37.9 Å². The molecular weight excluding hydrogens is 490 g/mol. The summed E-state index contributed by atoms with van der Waals surface area (Å²) in [5.74, 6) is -0.289. The lowest BCUT2D eigenvalue weighted by Crippen LogP contribution is -2.24. The first-order valence-electron chi connectivity index (χ1n) is 11.5. The van der Waals surface area contributed by atoms with Crippen LogP contribution in [0.25, 0.3) is 33.8 Å². The first-order valence-corrected chi connectivity index (χ1v) is 11.5. The molecule has 5 aromatic rings. The molecular formula is C25H19F4N7O. The molecule has 1 fully saturated rings. The Labute approximate surface area is 206 Å². The summed E-state index contributed by atoms with van der Waals surface area (Å²) in [6.45, 7) is 0.978. The monoisotopic (exact) mass is 509 g/mol. The van der Waals surface area contributed by atoms with Crippen LogP contribution in [0, 0.1) is 5.82 Å². The van der Waals surface area contributed by atoms with Gasteiger partial charge in [0.25, 0.3) is 5.56 Å². The van der Waals surface area contributed by atoms with E-state index in [-0.39, 0.29) is 28.1 Å². The Balaban J connectivity index is 1.43. The van der Waals surface area contributed by atoms with Crippen LogP contribution in [0.1, 0.15) is 37.4 Å². The molecule has 37 heavy (non-hydrogen) atoms. The molecule has 1 unspecified atom stereocenters. The Morgan fingerprint density at radius 3 is 2.62 bits per heavy atom. The molecule has 0 spiro atoms. The number of benzene rings is 1. The van der Waals surface area contributed by atoms with Crippen LogP contribution >= 0.6 is 0 Å². The quantitative estimate of drug-likeness (QED) is 0.313. The molecule has 0 bridgehead atoms. The van der Waals surface area contributed by atoms with E-state index in [1.165, 1.54) is 24.3 Å². The zero-order chi connectivity index (χ0) is 25.9. The molecule has 4 heterocycles. The lowest BCUT2D eigenvalue weighted by Gasteiger charge is -2.18. The van der Waals surface area contributed by atoms with Crippen molar-refractivity contribution in [1.29, 1.82) is 0 Å². The van der Waals surface area contributed by atoms with Crippen molar-refractivity contribution in [3.05, 3.63) is 83.3 Å². The number of fused-ring (bicyclic) bond motifs is 1. The van der Waals surface area contributed by atoms with Crippen LogP contribution in [0.3, 0.4) is 0 Å². The maximum atomic E-state index is 15.1. The zero-order valence-electron chi connectivity index (χ0n) is 19.4. The molecule has 188 valence electrons. The van der Waals surface area contributed by atoms with Gasteiger partial charge >= 0.3 is 6.18 Å². The standard InChI is InChI=1S/C25H19F4N7O/c1-14(25(27,28)29)36-13-31-33-23(36)20-3-2-4-22(32-20)35-10-19(26)17-8-7-16(9-18(17)24(35)37)34-11-21(30-12-34)15-5-6-15/h2-4,7-15H,5-6H2,1H3. The lowest BCUT2D eigenvalue weighted by molar-refractivity contribution is -0.162. The third kappa shape index (κ3) is 4.07. The van der Waals surface area contributed by atoms with Crippen LogP contribution in [0.4, 0.5) is 17.6 Å². The van der Waals surface area contributed by atoms with E-state index in [1.807, 2.05) is 6.20 Å². The van der Waals surface area contributed by atoms with Gasteiger partial charge in [0.1, 0.15) is 29.7 Å². The molecule has 1 atom stereocenters. The largest absolute Gasteiger partial charge is 0.408 e. The van der Waals surface area contributed by atoms with Gasteiger partial charge in [-0.1, -0.05) is 6.07 Å². The van der Waals surface area contributed by atoms with E-state index in [0.29, 0.717) is 11.6 Å². The average molecular weight is 509 g/mol. The summed E-state index contributed by atoms with van der Waals surface area (Å²) >= 11 is 0. The first kappa shape index (κ1) is 23.1. The number of pyridine rings is 2. The molecule has 0 saturated heterocycles. The number of imidazole rings is 1. The number of halogens is 4. The van der Waals surface area contributed by atoms with Gasteiger partial charge in [-0.25, -0.2) is 14.4 Å². The van der Waals surface area contributed by atoms with Crippen molar-refractivity contribution >= 4 is 10.8 Å². The van der Waals surface area contributed by atoms with Crippen LogP contribution < -0.4 is 5.56 Å². The van der Waals surface area contributed by atoms with Gasteiger partial charge in [0.05, 0.1) is 23.6 Å². The number of hydrogen-bond donors (Lipinski definition) is 0. The summed E-state index contributed by atoms with van der Waals surface area (Å²) in [4.78, 5) is 22.2. The molecule has 0 aliphatic heterocycles. The molecule has 4 aromatic heterocycles. The van der Waals surface area contributed by atoms with Crippen LogP contribution in [0.5, 0.6) is 0 Å². The van der Waals surface area contributed by atoms with Crippen molar-refractivity contribution in [1.82, 2.24) is 33.9 Å². The van der Waals surface area contributed by atoms with Crippen molar-refractivity contribution in [2.24, 2.45) is 0 Å². The molecule has 12 heteroatoms. The second-order valence-electron chi connectivity index (χ2n) is 9.02. The molecule has 1 aliphatic rings. The van der Waals surface area contributed by atoms with E-state index >= 15 is 4.39 Å². The molecule has 0 amide bonds. The van der Waals surface area contributed by atoms with Crippen molar-refractivity contribution in [3.63, 3.8) is 0 Å². The molecule has 1 aromatic carbocycles. The van der Waals surface area contributed by atoms with E-state index in [2.05, 4.69) is 20.2 Å². The second-order valence-corrected chi connectivity index (χ2v) is 9.02. The highest BCUT2D eigenvalue weighted by atomic mass is 19.4. The summed E-state index contributed by atoms with van der Waals surface area (Å²) in [5.41, 5.74) is 1.15. The van der Waals surface area contributed by atoms with Crippen molar-refractivity contribution in [2.75, 3.05) is 0 Å². The van der Waals surface area contributed by atoms with Gasteiger partial charge in [0.15, 0.2) is 5.82 Å². The number of rotatable bonds is 5. The number of nitrogens with zero attached hydrogens (tertiary/aromatic N) is 7. The minimum absolute atomic E-state index is 0.0292. The van der Waals surface area contributed by atoms with E-state index < -0.39 is 23.6 Å². The molecule has 8 nitrogen and oxygen atoms in total. The highest BCUT2D eigenvalue weighted by Crippen LogP contribution is 2.39. The number of aromatic nitrogens is 7. The summed E-state index contributed by atoms with van der Waals surface area (Å²) in [6.07, 6.45) is 3.22. The van der Waals surface area contributed by atoms with Gasteiger partial charge in [0.2, 0.25) is 0 Å². The summed E-state index contributed by atoms with van der Waals surface area (Å²) in [5, 5.41) is 7.66. The van der Waals surface area contributed by atoms with Crippen LogP contribution in [-0.2, 0) is 0 Å². The fourth-order valence-corrected chi connectivity index (χ4v) is 4.24.